The molecule has 2 amide bonds. The highest BCUT2D eigenvalue weighted by Crippen LogP contribution is 2.22. The second-order valence-electron chi connectivity index (χ2n) is 5.00. The number of carbonyl (C=O) groups is 2. The average molecular weight is 270 g/mol. The van der Waals surface area contributed by atoms with Crippen LogP contribution in [0.5, 0.6) is 0 Å². The summed E-state index contributed by atoms with van der Waals surface area (Å²) in [4.78, 5) is 27.5. The molecule has 1 aliphatic rings. The van der Waals surface area contributed by atoms with E-state index in [0.717, 1.165) is 6.54 Å². The van der Waals surface area contributed by atoms with Gasteiger partial charge in [0.25, 0.3) is 11.8 Å². The van der Waals surface area contributed by atoms with Gasteiger partial charge in [0.05, 0.1) is 17.7 Å². The largest absolute Gasteiger partial charge is 0.299 e. The second-order valence-corrected chi connectivity index (χ2v) is 5.00. The molecule has 0 radical (unpaired) electrons. The van der Waals surface area contributed by atoms with E-state index in [0.29, 0.717) is 30.5 Å². The van der Waals surface area contributed by atoms with Crippen LogP contribution >= 0.6 is 0 Å². The number of imide groups is 1. The van der Waals surface area contributed by atoms with Crippen molar-refractivity contribution in [3.05, 3.63) is 35.4 Å². The quantitative estimate of drug-likeness (QED) is 0.474. The van der Waals surface area contributed by atoms with Crippen molar-refractivity contribution in [2.45, 2.75) is 12.8 Å². The first-order valence-electron chi connectivity index (χ1n) is 6.67. The minimum Gasteiger partial charge on any atom is -0.299 e. The van der Waals surface area contributed by atoms with Gasteiger partial charge in [-0.3, -0.25) is 19.4 Å². The molecule has 1 aromatic rings. The highest BCUT2D eigenvalue weighted by atomic mass is 16.2. The van der Waals surface area contributed by atoms with Crippen LogP contribution in [0.3, 0.4) is 0 Å². The fourth-order valence-corrected chi connectivity index (χ4v) is 2.07. The smallest absolute Gasteiger partial charge is 0.261 e. The Kier molecular flexibility index (Phi) is 4.54. The van der Waals surface area contributed by atoms with Gasteiger partial charge in [0.1, 0.15) is 0 Å². The summed E-state index contributed by atoms with van der Waals surface area (Å²) in [6, 6.07) is 6.96. The first kappa shape index (κ1) is 14.3. The number of hydrogen-bond donors (Lipinski definition) is 0. The monoisotopic (exact) mass is 270 g/mol. The van der Waals surface area contributed by atoms with Crippen molar-refractivity contribution in [3.63, 3.8) is 0 Å². The normalized spacial score (nSPS) is 13.4. The summed E-state index contributed by atoms with van der Waals surface area (Å²) in [5, 5.41) is 0. The number of benzene rings is 1. The lowest BCUT2D eigenvalue weighted by Gasteiger charge is -2.12. The van der Waals surface area contributed by atoms with Crippen LogP contribution in [0.4, 0.5) is 0 Å². The molecule has 0 aromatic heterocycles. The van der Waals surface area contributed by atoms with Gasteiger partial charge >= 0.3 is 0 Å². The van der Waals surface area contributed by atoms with E-state index in [1.807, 2.05) is 19.0 Å². The van der Waals surface area contributed by atoms with E-state index in [9.17, 15) is 9.59 Å². The predicted octanol–water partition coefficient (Wildman–Crippen LogP) is 1.63. The molecule has 4 heteroatoms. The van der Waals surface area contributed by atoms with Crippen molar-refractivity contribution in [1.29, 1.82) is 0 Å². The van der Waals surface area contributed by atoms with Crippen molar-refractivity contribution >= 4 is 11.8 Å². The Morgan fingerprint density at radius 1 is 1.05 bits per heavy atom. The number of nitrogens with zero attached hydrogens (tertiary/aromatic N) is 2. The number of carbonyl (C=O) groups excluding carboxylic acids is 2. The highest BCUT2D eigenvalue weighted by Gasteiger charge is 2.34. The summed E-state index contributed by atoms with van der Waals surface area (Å²) < 4.78 is 0. The van der Waals surface area contributed by atoms with E-state index in [4.69, 9.17) is 0 Å². The van der Waals surface area contributed by atoms with Crippen LogP contribution in [0.25, 0.3) is 0 Å². The van der Waals surface area contributed by atoms with Crippen LogP contribution in [-0.4, -0.2) is 48.8 Å². The van der Waals surface area contributed by atoms with Crippen LogP contribution in [0.1, 0.15) is 33.6 Å². The molecule has 0 aliphatic carbocycles. The molecular formula is C16H18N2O2. The van der Waals surface area contributed by atoms with E-state index < -0.39 is 0 Å². The Balaban J connectivity index is 1.88. The third-order valence-corrected chi connectivity index (χ3v) is 3.08. The molecule has 104 valence electrons. The molecule has 0 spiro atoms. The molecule has 4 nitrogen and oxygen atoms in total. The molecule has 0 saturated heterocycles. The first-order chi connectivity index (χ1) is 9.61. The second kappa shape index (κ2) is 6.36. The van der Waals surface area contributed by atoms with Gasteiger partial charge in [-0.25, -0.2) is 0 Å². The molecule has 0 N–H and O–H groups in total. The summed E-state index contributed by atoms with van der Waals surface area (Å²) in [6.07, 6.45) is 1.41. The van der Waals surface area contributed by atoms with E-state index in [1.165, 1.54) is 4.90 Å². The first-order valence-corrected chi connectivity index (χ1v) is 6.67. The summed E-state index contributed by atoms with van der Waals surface area (Å²) in [6.45, 7) is 1.16. The maximum absolute atomic E-state index is 12.1. The topological polar surface area (TPSA) is 40.6 Å². The number of hydrogen-bond acceptors (Lipinski definition) is 3. The molecule has 1 heterocycles. The van der Waals surface area contributed by atoms with Gasteiger partial charge in [0.2, 0.25) is 0 Å². The van der Waals surface area contributed by atoms with E-state index in [-0.39, 0.29) is 11.8 Å². The molecule has 20 heavy (non-hydrogen) atoms. The maximum atomic E-state index is 12.1. The zero-order valence-electron chi connectivity index (χ0n) is 11.8. The average Bonchev–Trinajstić information content (AvgIpc) is 2.67. The van der Waals surface area contributed by atoms with Crippen molar-refractivity contribution in [2.75, 3.05) is 27.2 Å². The molecule has 0 bridgehead atoms. The molecule has 0 fully saturated rings. The molecular weight excluding hydrogens is 252 g/mol. The Morgan fingerprint density at radius 2 is 1.65 bits per heavy atom. The maximum Gasteiger partial charge on any atom is 0.261 e. The van der Waals surface area contributed by atoms with Gasteiger partial charge in [-0.1, -0.05) is 18.1 Å². The Hall–Kier alpha value is -2.12. The fourth-order valence-electron chi connectivity index (χ4n) is 2.07. The van der Waals surface area contributed by atoms with Crippen LogP contribution in [0.15, 0.2) is 24.3 Å². The minimum absolute atomic E-state index is 0.188. The summed E-state index contributed by atoms with van der Waals surface area (Å²) in [5.41, 5.74) is 1.02. The van der Waals surface area contributed by atoms with Crippen LogP contribution in [-0.2, 0) is 0 Å². The van der Waals surface area contributed by atoms with Gasteiger partial charge in [0.15, 0.2) is 0 Å². The lowest BCUT2D eigenvalue weighted by molar-refractivity contribution is 0.0653. The zero-order valence-corrected chi connectivity index (χ0v) is 11.8. The van der Waals surface area contributed by atoms with Crippen molar-refractivity contribution in [1.82, 2.24) is 9.80 Å². The Morgan fingerprint density at radius 3 is 2.20 bits per heavy atom. The Bertz CT molecular complexity index is 547. The van der Waals surface area contributed by atoms with Crippen LogP contribution in [0.2, 0.25) is 0 Å². The number of rotatable bonds is 4. The zero-order chi connectivity index (χ0) is 14.5. The van der Waals surface area contributed by atoms with Crippen LogP contribution in [0, 0.1) is 11.8 Å². The van der Waals surface area contributed by atoms with Crippen molar-refractivity contribution in [3.8, 4) is 11.8 Å². The summed E-state index contributed by atoms with van der Waals surface area (Å²) in [5.74, 6) is 5.71. The van der Waals surface area contributed by atoms with Gasteiger partial charge in [-0.15, -0.1) is 5.92 Å². The molecule has 2 rings (SSSR count). The van der Waals surface area contributed by atoms with Crippen molar-refractivity contribution < 1.29 is 9.59 Å². The van der Waals surface area contributed by atoms with E-state index in [1.54, 1.807) is 24.3 Å². The van der Waals surface area contributed by atoms with Crippen molar-refractivity contribution in [2.24, 2.45) is 0 Å². The van der Waals surface area contributed by atoms with Crippen LogP contribution < -0.4 is 0 Å². The number of amides is 2. The molecule has 1 aromatic carbocycles. The third kappa shape index (κ3) is 3.06. The lowest BCUT2D eigenvalue weighted by atomic mass is 10.1. The SMILES string of the molecule is CN(C)CC#CCCCN1C(=O)c2ccccc2C1=O. The fraction of sp³-hybridized carbons (Fsp3) is 0.375. The number of unbranched alkanes of at least 4 members (excludes halogenated alkanes) is 1. The number of fused-ring (bicyclic) bond motifs is 1. The lowest BCUT2D eigenvalue weighted by Crippen LogP contribution is -2.30. The summed E-state index contributed by atoms with van der Waals surface area (Å²) in [7, 11) is 3.93. The van der Waals surface area contributed by atoms with E-state index >= 15 is 0 Å². The van der Waals surface area contributed by atoms with Gasteiger partial charge in [-0.2, -0.15) is 0 Å². The minimum atomic E-state index is -0.188. The summed E-state index contributed by atoms with van der Waals surface area (Å²) >= 11 is 0. The molecule has 0 atom stereocenters. The van der Waals surface area contributed by atoms with Gasteiger partial charge in [-0.05, 0) is 32.6 Å². The highest BCUT2D eigenvalue weighted by molar-refractivity contribution is 6.21. The Labute approximate surface area is 119 Å². The third-order valence-electron chi connectivity index (χ3n) is 3.08. The van der Waals surface area contributed by atoms with E-state index in [2.05, 4.69) is 11.8 Å². The predicted molar refractivity (Wildman–Crippen MR) is 77.4 cm³/mol. The molecule has 0 unspecified atom stereocenters. The van der Waals surface area contributed by atoms with Gasteiger partial charge < -0.3 is 0 Å². The molecule has 0 saturated carbocycles. The van der Waals surface area contributed by atoms with Gasteiger partial charge in [0, 0.05) is 13.0 Å². The standard InChI is InChI=1S/C16H18N2O2/c1-17(2)11-7-3-4-8-12-18-15(19)13-9-5-6-10-14(13)16(18)20/h5-6,9-10H,4,8,11-12H2,1-2H3. The molecule has 1 aliphatic heterocycles.